The molecule has 0 unspecified atom stereocenters. The molecule has 0 bridgehead atoms. The summed E-state index contributed by atoms with van der Waals surface area (Å²) in [6.07, 6.45) is 0. The molecule has 5 nitrogen and oxygen atoms in total. The van der Waals surface area contributed by atoms with Crippen LogP contribution in [-0.2, 0) is 6.61 Å². The molecule has 0 aliphatic carbocycles. The zero-order valence-electron chi connectivity index (χ0n) is 12.0. The lowest BCUT2D eigenvalue weighted by molar-refractivity contribution is 0.275. The lowest BCUT2D eigenvalue weighted by Crippen LogP contribution is -2.07. The number of benzene rings is 1. The monoisotopic (exact) mass is 295 g/mol. The van der Waals surface area contributed by atoms with E-state index in [1.54, 1.807) is 17.9 Å². The van der Waals surface area contributed by atoms with Crippen molar-refractivity contribution in [3.8, 4) is 11.4 Å². The van der Waals surface area contributed by atoms with Crippen molar-refractivity contribution in [1.82, 2.24) is 15.0 Å². The second-order valence-electron chi connectivity index (χ2n) is 4.92. The first kappa shape index (κ1) is 14.8. The van der Waals surface area contributed by atoms with E-state index in [0.717, 1.165) is 16.9 Å². The molecular weight excluding hydrogens is 278 g/mol. The smallest absolute Gasteiger partial charge is 0.146 e. The molecule has 2 aromatic rings. The molecule has 0 aliphatic rings. The molecule has 1 heterocycles. The summed E-state index contributed by atoms with van der Waals surface area (Å²) >= 11 is 6.12. The molecule has 0 spiro atoms. The largest absolute Gasteiger partial charge is 0.494 e. The number of nitrogens with zero attached hydrogens (tertiary/aromatic N) is 3. The maximum absolute atomic E-state index is 9.38. The third-order valence-corrected chi connectivity index (χ3v) is 3.57. The van der Waals surface area contributed by atoms with Crippen LogP contribution in [0.5, 0.6) is 5.75 Å². The van der Waals surface area contributed by atoms with Crippen LogP contribution >= 0.6 is 11.6 Å². The maximum Gasteiger partial charge on any atom is 0.146 e. The number of aliphatic hydroxyl groups excluding tert-OH is 1. The second-order valence-corrected chi connectivity index (χ2v) is 5.33. The third-order valence-electron chi connectivity index (χ3n) is 3.16. The predicted octanol–water partition coefficient (Wildman–Crippen LogP) is 2.85. The Balaban J connectivity index is 2.68. The van der Waals surface area contributed by atoms with E-state index in [1.165, 1.54) is 0 Å². The summed E-state index contributed by atoms with van der Waals surface area (Å²) < 4.78 is 7.08. The number of hydrogen-bond acceptors (Lipinski definition) is 4. The van der Waals surface area contributed by atoms with Gasteiger partial charge in [-0.05, 0) is 24.5 Å². The Hall–Kier alpha value is -1.59. The van der Waals surface area contributed by atoms with Crippen molar-refractivity contribution >= 4 is 11.6 Å². The van der Waals surface area contributed by atoms with Gasteiger partial charge in [0, 0.05) is 11.1 Å². The molecule has 0 atom stereocenters. The van der Waals surface area contributed by atoms with Crippen LogP contribution in [0.4, 0.5) is 0 Å². The lowest BCUT2D eigenvalue weighted by atomic mass is 10.1. The normalized spacial score (nSPS) is 11.2. The number of aliphatic hydroxyl groups is 1. The van der Waals surface area contributed by atoms with Crippen LogP contribution in [0.3, 0.4) is 0 Å². The Morgan fingerprint density at radius 3 is 2.65 bits per heavy atom. The highest BCUT2D eigenvalue weighted by Gasteiger charge is 2.19. The van der Waals surface area contributed by atoms with E-state index in [0.29, 0.717) is 16.5 Å². The molecule has 0 radical (unpaired) electrons. The highest BCUT2D eigenvalue weighted by atomic mass is 35.5. The van der Waals surface area contributed by atoms with Gasteiger partial charge in [0.05, 0.1) is 19.4 Å². The molecule has 0 saturated carbocycles. The fourth-order valence-corrected chi connectivity index (χ4v) is 2.32. The van der Waals surface area contributed by atoms with Crippen molar-refractivity contribution in [1.29, 1.82) is 0 Å². The summed E-state index contributed by atoms with van der Waals surface area (Å²) in [5.41, 5.74) is 3.14. The first-order chi connectivity index (χ1) is 9.49. The van der Waals surface area contributed by atoms with E-state index in [9.17, 15) is 5.11 Å². The summed E-state index contributed by atoms with van der Waals surface area (Å²) in [5.74, 6) is 0.796. The standard InChI is InChI=1S/C14H18ClN3O2/c1-8(2)14-11(7-19)16-17-18(14)12-5-9(3)10(15)6-13(12)20-4/h5-6,8,19H,7H2,1-4H3. The Labute approximate surface area is 123 Å². The van der Waals surface area contributed by atoms with Crippen LogP contribution in [0, 0.1) is 6.92 Å². The Morgan fingerprint density at radius 2 is 2.10 bits per heavy atom. The van der Waals surface area contributed by atoms with Gasteiger partial charge in [-0.25, -0.2) is 4.68 Å². The van der Waals surface area contributed by atoms with E-state index in [4.69, 9.17) is 16.3 Å². The minimum atomic E-state index is -0.137. The van der Waals surface area contributed by atoms with Gasteiger partial charge < -0.3 is 9.84 Å². The number of methoxy groups -OCH3 is 1. The Kier molecular flexibility index (Phi) is 4.30. The molecule has 20 heavy (non-hydrogen) atoms. The summed E-state index contributed by atoms with van der Waals surface area (Å²) in [6, 6.07) is 3.67. The van der Waals surface area contributed by atoms with E-state index < -0.39 is 0 Å². The van der Waals surface area contributed by atoms with Crippen molar-refractivity contribution in [3.63, 3.8) is 0 Å². The fraction of sp³-hybridized carbons (Fsp3) is 0.429. The van der Waals surface area contributed by atoms with Gasteiger partial charge in [-0.1, -0.05) is 30.7 Å². The second kappa shape index (κ2) is 5.81. The first-order valence-electron chi connectivity index (χ1n) is 6.39. The quantitative estimate of drug-likeness (QED) is 0.942. The molecule has 1 N–H and O–H groups in total. The van der Waals surface area contributed by atoms with Gasteiger partial charge in [-0.15, -0.1) is 5.10 Å². The van der Waals surface area contributed by atoms with E-state index >= 15 is 0 Å². The van der Waals surface area contributed by atoms with Crippen molar-refractivity contribution in [3.05, 3.63) is 34.1 Å². The van der Waals surface area contributed by atoms with Gasteiger partial charge >= 0.3 is 0 Å². The van der Waals surface area contributed by atoms with E-state index in [2.05, 4.69) is 10.3 Å². The Morgan fingerprint density at radius 1 is 1.40 bits per heavy atom. The average molecular weight is 296 g/mol. The number of aryl methyl sites for hydroxylation is 1. The molecule has 108 valence electrons. The molecule has 0 saturated heterocycles. The lowest BCUT2D eigenvalue weighted by Gasteiger charge is -2.15. The zero-order chi connectivity index (χ0) is 14.9. The minimum absolute atomic E-state index is 0.137. The molecule has 0 amide bonds. The van der Waals surface area contributed by atoms with Crippen molar-refractivity contribution < 1.29 is 9.84 Å². The van der Waals surface area contributed by atoms with E-state index in [-0.39, 0.29) is 12.5 Å². The zero-order valence-corrected chi connectivity index (χ0v) is 12.8. The van der Waals surface area contributed by atoms with Gasteiger partial charge in [-0.3, -0.25) is 0 Å². The van der Waals surface area contributed by atoms with Crippen molar-refractivity contribution in [2.45, 2.75) is 33.3 Å². The van der Waals surface area contributed by atoms with Gasteiger partial charge in [0.25, 0.3) is 0 Å². The first-order valence-corrected chi connectivity index (χ1v) is 6.77. The van der Waals surface area contributed by atoms with Crippen LogP contribution in [0.1, 0.15) is 36.7 Å². The number of hydrogen-bond donors (Lipinski definition) is 1. The molecule has 1 aromatic carbocycles. The number of rotatable bonds is 4. The van der Waals surface area contributed by atoms with Crippen LogP contribution in [0.15, 0.2) is 12.1 Å². The SMILES string of the molecule is COc1cc(Cl)c(C)cc1-n1nnc(CO)c1C(C)C. The molecule has 2 rings (SSSR count). The van der Waals surface area contributed by atoms with Crippen LogP contribution in [0.25, 0.3) is 5.69 Å². The van der Waals surface area contributed by atoms with Crippen LogP contribution < -0.4 is 4.74 Å². The van der Waals surface area contributed by atoms with Crippen molar-refractivity contribution in [2.75, 3.05) is 7.11 Å². The highest BCUT2D eigenvalue weighted by molar-refractivity contribution is 6.31. The van der Waals surface area contributed by atoms with Crippen LogP contribution in [0.2, 0.25) is 5.02 Å². The number of halogens is 1. The fourth-order valence-electron chi connectivity index (χ4n) is 2.17. The number of ether oxygens (including phenoxy) is 1. The van der Waals surface area contributed by atoms with Crippen LogP contribution in [-0.4, -0.2) is 27.2 Å². The molecule has 1 aromatic heterocycles. The molecule has 0 fully saturated rings. The molecular formula is C14H18ClN3O2. The highest BCUT2D eigenvalue weighted by Crippen LogP contribution is 2.32. The third kappa shape index (κ3) is 2.51. The summed E-state index contributed by atoms with van der Waals surface area (Å²) in [5, 5.41) is 18.2. The van der Waals surface area contributed by atoms with Gasteiger partial charge in [0.1, 0.15) is 17.1 Å². The summed E-state index contributed by atoms with van der Waals surface area (Å²) in [4.78, 5) is 0. The van der Waals surface area contributed by atoms with Gasteiger partial charge in [0.2, 0.25) is 0 Å². The number of aromatic nitrogens is 3. The maximum atomic E-state index is 9.38. The van der Waals surface area contributed by atoms with Gasteiger partial charge in [-0.2, -0.15) is 0 Å². The molecule has 6 heteroatoms. The topological polar surface area (TPSA) is 60.2 Å². The van der Waals surface area contributed by atoms with Crippen molar-refractivity contribution in [2.24, 2.45) is 0 Å². The predicted molar refractivity (Wildman–Crippen MR) is 77.7 cm³/mol. The summed E-state index contributed by atoms with van der Waals surface area (Å²) in [7, 11) is 1.59. The van der Waals surface area contributed by atoms with E-state index in [1.807, 2.05) is 26.8 Å². The minimum Gasteiger partial charge on any atom is -0.494 e. The molecule has 0 aliphatic heterocycles. The summed E-state index contributed by atoms with van der Waals surface area (Å²) in [6.45, 7) is 5.85. The van der Waals surface area contributed by atoms with Gasteiger partial charge in [0.15, 0.2) is 0 Å². The Bertz CT molecular complexity index is 623. The average Bonchev–Trinajstić information content (AvgIpc) is 2.85.